The lowest BCUT2D eigenvalue weighted by Gasteiger charge is -1.84. The molecule has 0 heterocycles. The van der Waals surface area contributed by atoms with Gasteiger partial charge < -0.3 is 9.90 Å². The second-order valence-corrected chi connectivity index (χ2v) is 1.87. The summed E-state index contributed by atoms with van der Waals surface area (Å²) >= 11 is 0. The minimum Gasteiger partial charge on any atom is -0.516 e. The van der Waals surface area contributed by atoms with Crippen LogP contribution in [0.1, 0.15) is 19.3 Å². The second-order valence-electron chi connectivity index (χ2n) is 1.87. The lowest BCUT2D eigenvalue weighted by Crippen LogP contribution is -1.72. The van der Waals surface area contributed by atoms with E-state index in [9.17, 15) is 4.79 Å². The maximum atomic E-state index is 9.82. The van der Waals surface area contributed by atoms with Crippen LogP contribution in [0, 0.1) is 0 Å². The van der Waals surface area contributed by atoms with E-state index < -0.39 is 0 Å². The summed E-state index contributed by atoms with van der Waals surface area (Å²) in [4.78, 5) is 9.82. The Kier molecular flexibility index (Phi) is 7.12. The van der Waals surface area contributed by atoms with Crippen molar-refractivity contribution in [2.24, 2.45) is 0 Å². The zero-order valence-corrected chi connectivity index (χ0v) is 5.86. The standard InChI is InChI=1S/C8H12O2/c9-7-5-3-1-2-4-6-8-10/h1,3,5,7-9H,2,4,6H2. The summed E-state index contributed by atoms with van der Waals surface area (Å²) < 4.78 is 0. The quantitative estimate of drug-likeness (QED) is 0.274. The first-order valence-corrected chi connectivity index (χ1v) is 3.31. The average molecular weight is 140 g/mol. The number of unbranched alkanes of at least 4 members (excludes halogenated alkanes) is 2. The number of aliphatic hydroxyl groups excluding tert-OH is 1. The van der Waals surface area contributed by atoms with Crippen molar-refractivity contribution in [1.29, 1.82) is 0 Å². The molecule has 0 amide bonds. The van der Waals surface area contributed by atoms with E-state index in [4.69, 9.17) is 5.11 Å². The Morgan fingerprint density at radius 2 is 2.00 bits per heavy atom. The predicted molar refractivity (Wildman–Crippen MR) is 40.8 cm³/mol. The van der Waals surface area contributed by atoms with Gasteiger partial charge in [-0.1, -0.05) is 12.2 Å². The molecular formula is C8H12O2. The van der Waals surface area contributed by atoms with E-state index in [-0.39, 0.29) is 0 Å². The zero-order valence-electron chi connectivity index (χ0n) is 5.86. The van der Waals surface area contributed by atoms with Gasteiger partial charge in [-0.3, -0.25) is 0 Å². The molecule has 0 aliphatic rings. The molecule has 0 aromatic heterocycles. The Morgan fingerprint density at radius 1 is 1.20 bits per heavy atom. The van der Waals surface area contributed by atoms with Crippen molar-refractivity contribution in [2.75, 3.05) is 0 Å². The smallest absolute Gasteiger partial charge is 0.120 e. The maximum Gasteiger partial charge on any atom is 0.120 e. The summed E-state index contributed by atoms with van der Waals surface area (Å²) in [5.74, 6) is 0. The molecule has 0 fully saturated rings. The van der Waals surface area contributed by atoms with E-state index in [1.165, 1.54) is 0 Å². The third kappa shape index (κ3) is 6.95. The molecule has 1 N–H and O–H groups in total. The van der Waals surface area contributed by atoms with Crippen LogP contribution in [-0.2, 0) is 4.79 Å². The SMILES string of the molecule is O=CCCCC=CC=CO. The first-order chi connectivity index (χ1) is 4.91. The third-order valence-electron chi connectivity index (χ3n) is 1.03. The number of aliphatic hydroxyl groups is 1. The molecule has 0 saturated carbocycles. The molecule has 0 atom stereocenters. The molecule has 0 aliphatic heterocycles. The number of aldehydes is 1. The monoisotopic (exact) mass is 140 g/mol. The molecule has 0 aliphatic carbocycles. The van der Waals surface area contributed by atoms with Crippen LogP contribution in [0.3, 0.4) is 0 Å². The summed E-state index contributed by atoms with van der Waals surface area (Å²) in [5.41, 5.74) is 0. The lowest BCUT2D eigenvalue weighted by atomic mass is 10.2. The topological polar surface area (TPSA) is 37.3 Å². The molecule has 10 heavy (non-hydrogen) atoms. The van der Waals surface area contributed by atoms with Crippen LogP contribution in [0.15, 0.2) is 24.5 Å². The maximum absolute atomic E-state index is 9.82. The van der Waals surface area contributed by atoms with Gasteiger partial charge >= 0.3 is 0 Å². The Bertz CT molecular complexity index is 125. The van der Waals surface area contributed by atoms with Crippen LogP contribution in [-0.4, -0.2) is 11.4 Å². The van der Waals surface area contributed by atoms with Crippen LogP contribution >= 0.6 is 0 Å². The number of allylic oxidation sites excluding steroid dienone is 3. The summed E-state index contributed by atoms with van der Waals surface area (Å²) in [5, 5.41) is 8.18. The normalized spacial score (nSPS) is 11.2. The highest BCUT2D eigenvalue weighted by molar-refractivity contribution is 5.49. The summed E-state index contributed by atoms with van der Waals surface area (Å²) in [7, 11) is 0. The predicted octanol–water partition coefficient (Wildman–Crippen LogP) is 1.98. The Balaban J connectivity index is 3.09. The van der Waals surface area contributed by atoms with Crippen molar-refractivity contribution in [3.8, 4) is 0 Å². The average Bonchev–Trinajstić information content (AvgIpc) is 1.97. The van der Waals surface area contributed by atoms with Crippen molar-refractivity contribution < 1.29 is 9.90 Å². The second kappa shape index (κ2) is 7.95. The van der Waals surface area contributed by atoms with Crippen LogP contribution in [0.4, 0.5) is 0 Å². The van der Waals surface area contributed by atoms with E-state index in [1.54, 1.807) is 12.2 Å². The number of rotatable bonds is 5. The zero-order chi connectivity index (χ0) is 7.66. The number of carbonyl (C=O) groups excluding carboxylic acids is 1. The van der Waals surface area contributed by atoms with Crippen LogP contribution in [0.2, 0.25) is 0 Å². The fourth-order valence-corrected chi connectivity index (χ4v) is 0.544. The third-order valence-corrected chi connectivity index (χ3v) is 1.03. The van der Waals surface area contributed by atoms with Crippen molar-refractivity contribution in [2.45, 2.75) is 19.3 Å². The van der Waals surface area contributed by atoms with Gasteiger partial charge in [-0.05, 0) is 18.9 Å². The molecular weight excluding hydrogens is 128 g/mol. The van der Waals surface area contributed by atoms with Crippen LogP contribution in [0.5, 0.6) is 0 Å². The molecule has 0 aromatic rings. The molecule has 2 heteroatoms. The van der Waals surface area contributed by atoms with Gasteiger partial charge in [-0.25, -0.2) is 0 Å². The van der Waals surface area contributed by atoms with Crippen molar-refractivity contribution in [3.63, 3.8) is 0 Å². The first kappa shape index (κ1) is 8.95. The van der Waals surface area contributed by atoms with Gasteiger partial charge in [0.05, 0.1) is 6.26 Å². The molecule has 0 spiro atoms. The molecule has 2 nitrogen and oxygen atoms in total. The Hall–Kier alpha value is -1.05. The highest BCUT2D eigenvalue weighted by atomic mass is 16.2. The summed E-state index contributed by atoms with van der Waals surface area (Å²) in [6.07, 6.45) is 9.50. The van der Waals surface area contributed by atoms with Crippen molar-refractivity contribution in [3.05, 3.63) is 24.5 Å². The van der Waals surface area contributed by atoms with E-state index >= 15 is 0 Å². The number of hydrogen-bond donors (Lipinski definition) is 1. The van der Waals surface area contributed by atoms with E-state index in [1.807, 2.05) is 6.08 Å². The van der Waals surface area contributed by atoms with Crippen LogP contribution < -0.4 is 0 Å². The first-order valence-electron chi connectivity index (χ1n) is 3.31. The van der Waals surface area contributed by atoms with Gasteiger partial charge in [0.25, 0.3) is 0 Å². The summed E-state index contributed by atoms with van der Waals surface area (Å²) in [6, 6.07) is 0. The minimum atomic E-state index is 0.618. The van der Waals surface area contributed by atoms with Crippen molar-refractivity contribution in [1.82, 2.24) is 0 Å². The molecule has 56 valence electrons. The molecule has 0 unspecified atom stereocenters. The van der Waals surface area contributed by atoms with Gasteiger partial charge in [0, 0.05) is 6.42 Å². The van der Waals surface area contributed by atoms with Gasteiger partial charge in [0.15, 0.2) is 0 Å². The molecule has 0 aromatic carbocycles. The van der Waals surface area contributed by atoms with Gasteiger partial charge in [0.2, 0.25) is 0 Å². The van der Waals surface area contributed by atoms with E-state index in [2.05, 4.69) is 0 Å². The lowest BCUT2D eigenvalue weighted by molar-refractivity contribution is -0.107. The largest absolute Gasteiger partial charge is 0.516 e. The highest BCUT2D eigenvalue weighted by Gasteiger charge is 1.79. The van der Waals surface area contributed by atoms with Crippen LogP contribution in [0.25, 0.3) is 0 Å². The molecule has 0 radical (unpaired) electrons. The molecule has 0 saturated heterocycles. The van der Waals surface area contributed by atoms with E-state index in [0.29, 0.717) is 6.42 Å². The minimum absolute atomic E-state index is 0.618. The summed E-state index contributed by atoms with van der Waals surface area (Å²) in [6.45, 7) is 0. The van der Waals surface area contributed by atoms with Crippen molar-refractivity contribution >= 4 is 6.29 Å². The highest BCUT2D eigenvalue weighted by Crippen LogP contribution is 1.93. The van der Waals surface area contributed by atoms with Gasteiger partial charge in [0.1, 0.15) is 6.29 Å². The molecule has 0 rings (SSSR count). The van der Waals surface area contributed by atoms with E-state index in [0.717, 1.165) is 25.4 Å². The number of hydrogen-bond acceptors (Lipinski definition) is 2. The number of carbonyl (C=O) groups is 1. The fraction of sp³-hybridized carbons (Fsp3) is 0.375. The Labute approximate surface area is 60.9 Å². The fourth-order valence-electron chi connectivity index (χ4n) is 0.544. The van der Waals surface area contributed by atoms with Gasteiger partial charge in [-0.15, -0.1) is 0 Å². The Morgan fingerprint density at radius 3 is 2.60 bits per heavy atom. The van der Waals surface area contributed by atoms with Gasteiger partial charge in [-0.2, -0.15) is 0 Å². The molecule has 0 bridgehead atoms.